The van der Waals surface area contributed by atoms with E-state index in [0.717, 1.165) is 23.4 Å². The molecule has 0 atom stereocenters. The van der Waals surface area contributed by atoms with Crippen LogP contribution in [0.1, 0.15) is 25.0 Å². The molecule has 0 aliphatic carbocycles. The monoisotopic (exact) mass is 265 g/mol. The fraction of sp³-hybridized carbons (Fsp3) is 0.500. The fourth-order valence-electron chi connectivity index (χ4n) is 1.49. The second kappa shape index (κ2) is 5.67. The van der Waals surface area contributed by atoms with Gasteiger partial charge in [0.1, 0.15) is 4.99 Å². The number of nitrogens with zero attached hydrogens (tertiary/aromatic N) is 1. The summed E-state index contributed by atoms with van der Waals surface area (Å²) in [5, 5.41) is 3.43. The molecule has 100 valence electrons. The molecule has 0 fully saturated rings. The van der Waals surface area contributed by atoms with Gasteiger partial charge in [-0.25, -0.2) is 0 Å². The largest absolute Gasteiger partial charge is 0.389 e. The lowest BCUT2D eigenvalue weighted by atomic mass is 10.0. The predicted molar refractivity (Wildman–Crippen MR) is 83.3 cm³/mol. The molecular formula is C14H23N3S. The summed E-state index contributed by atoms with van der Waals surface area (Å²) in [6.45, 7) is 7.25. The van der Waals surface area contributed by atoms with Crippen LogP contribution < -0.4 is 11.1 Å². The smallest absolute Gasteiger partial charge is 0.106 e. The van der Waals surface area contributed by atoms with E-state index < -0.39 is 0 Å². The Kier molecular flexibility index (Phi) is 4.71. The highest BCUT2D eigenvalue weighted by Crippen LogP contribution is 2.19. The molecule has 3 N–H and O–H groups in total. The van der Waals surface area contributed by atoms with E-state index in [4.69, 9.17) is 18.0 Å². The lowest BCUT2D eigenvalue weighted by Crippen LogP contribution is -2.44. The number of anilines is 1. The van der Waals surface area contributed by atoms with Gasteiger partial charge in [0.05, 0.1) is 0 Å². The molecule has 18 heavy (non-hydrogen) atoms. The summed E-state index contributed by atoms with van der Waals surface area (Å²) in [4.78, 5) is 2.62. The quantitative estimate of drug-likeness (QED) is 0.802. The number of nitrogens with one attached hydrogen (secondary N) is 1. The summed E-state index contributed by atoms with van der Waals surface area (Å²) in [5.41, 5.74) is 8.91. The number of aryl methyl sites for hydroxylation is 1. The molecule has 0 aromatic heterocycles. The summed E-state index contributed by atoms with van der Waals surface area (Å²) < 4.78 is 0. The Hall–Kier alpha value is -1.13. The van der Waals surface area contributed by atoms with Crippen molar-refractivity contribution in [2.45, 2.75) is 26.3 Å². The van der Waals surface area contributed by atoms with Crippen LogP contribution in [-0.2, 0) is 0 Å². The van der Waals surface area contributed by atoms with Crippen molar-refractivity contribution >= 4 is 22.9 Å². The maximum atomic E-state index is 5.76. The van der Waals surface area contributed by atoms with Gasteiger partial charge in [0.2, 0.25) is 0 Å². The van der Waals surface area contributed by atoms with Gasteiger partial charge in [-0.15, -0.1) is 0 Å². The van der Waals surface area contributed by atoms with Gasteiger partial charge in [-0.05, 0) is 47.0 Å². The van der Waals surface area contributed by atoms with E-state index in [0.29, 0.717) is 4.99 Å². The van der Waals surface area contributed by atoms with Crippen molar-refractivity contribution in [3.05, 3.63) is 29.3 Å². The van der Waals surface area contributed by atoms with Crippen molar-refractivity contribution in [3.8, 4) is 0 Å². The Bertz CT molecular complexity index is 439. The average Bonchev–Trinajstić information content (AvgIpc) is 2.27. The molecule has 0 spiro atoms. The molecule has 0 aliphatic heterocycles. The average molecular weight is 265 g/mol. The van der Waals surface area contributed by atoms with E-state index in [1.807, 2.05) is 19.1 Å². The Balaban J connectivity index is 2.89. The highest BCUT2D eigenvalue weighted by atomic mass is 32.1. The standard InChI is InChI=1S/C14H23N3S/c1-10-6-7-12(11(8-10)13(15)18)16-9-14(2,3)17(4)5/h6-8,16H,9H2,1-5H3,(H2,15,18). The van der Waals surface area contributed by atoms with Gasteiger partial charge < -0.3 is 16.0 Å². The Morgan fingerprint density at radius 2 is 2.00 bits per heavy atom. The summed E-state index contributed by atoms with van der Waals surface area (Å²) in [7, 11) is 4.15. The molecule has 1 aromatic rings. The SMILES string of the molecule is Cc1ccc(NCC(C)(C)N(C)C)c(C(N)=S)c1. The van der Waals surface area contributed by atoms with Crippen molar-refractivity contribution in [3.63, 3.8) is 0 Å². The van der Waals surface area contributed by atoms with Crippen molar-refractivity contribution in [2.24, 2.45) is 5.73 Å². The Labute approximate surface area is 115 Å². The number of hydrogen-bond acceptors (Lipinski definition) is 3. The van der Waals surface area contributed by atoms with Crippen LogP contribution in [0.4, 0.5) is 5.69 Å². The van der Waals surface area contributed by atoms with E-state index in [1.165, 1.54) is 0 Å². The minimum absolute atomic E-state index is 0.0678. The van der Waals surface area contributed by atoms with Crippen molar-refractivity contribution in [2.75, 3.05) is 26.0 Å². The van der Waals surface area contributed by atoms with Crippen LogP contribution in [0, 0.1) is 6.92 Å². The minimum atomic E-state index is 0.0678. The first kappa shape index (κ1) is 14.9. The summed E-state index contributed by atoms with van der Waals surface area (Å²) >= 11 is 5.10. The summed E-state index contributed by atoms with van der Waals surface area (Å²) in [6.07, 6.45) is 0. The van der Waals surface area contributed by atoms with E-state index in [9.17, 15) is 0 Å². The molecule has 0 bridgehead atoms. The van der Waals surface area contributed by atoms with E-state index >= 15 is 0 Å². The van der Waals surface area contributed by atoms with Gasteiger partial charge in [0.15, 0.2) is 0 Å². The van der Waals surface area contributed by atoms with Crippen LogP contribution in [0.5, 0.6) is 0 Å². The van der Waals surface area contributed by atoms with Crippen molar-refractivity contribution in [1.82, 2.24) is 4.90 Å². The van der Waals surface area contributed by atoms with E-state index in [2.05, 4.69) is 44.2 Å². The zero-order valence-corrected chi connectivity index (χ0v) is 12.7. The van der Waals surface area contributed by atoms with Gasteiger partial charge in [-0.3, -0.25) is 0 Å². The van der Waals surface area contributed by atoms with Gasteiger partial charge in [-0.2, -0.15) is 0 Å². The Morgan fingerprint density at radius 3 is 2.50 bits per heavy atom. The summed E-state index contributed by atoms with van der Waals surface area (Å²) in [6, 6.07) is 6.12. The number of rotatable bonds is 5. The molecular weight excluding hydrogens is 242 g/mol. The van der Waals surface area contributed by atoms with E-state index in [1.54, 1.807) is 0 Å². The molecule has 0 aliphatic rings. The highest BCUT2D eigenvalue weighted by Gasteiger charge is 2.20. The lowest BCUT2D eigenvalue weighted by Gasteiger charge is -2.33. The third kappa shape index (κ3) is 3.68. The highest BCUT2D eigenvalue weighted by molar-refractivity contribution is 7.80. The minimum Gasteiger partial charge on any atom is -0.389 e. The van der Waals surface area contributed by atoms with Gasteiger partial charge in [0.25, 0.3) is 0 Å². The fourth-order valence-corrected chi connectivity index (χ4v) is 1.65. The second-order valence-electron chi connectivity index (χ2n) is 5.47. The molecule has 0 heterocycles. The van der Waals surface area contributed by atoms with Crippen LogP contribution in [0.15, 0.2) is 18.2 Å². The van der Waals surface area contributed by atoms with Gasteiger partial charge in [0, 0.05) is 23.3 Å². The molecule has 0 saturated heterocycles. The van der Waals surface area contributed by atoms with Gasteiger partial charge in [-0.1, -0.05) is 23.8 Å². The number of likely N-dealkylation sites (N-methyl/N-ethyl adjacent to an activating group) is 1. The maximum absolute atomic E-state index is 5.76. The number of thiocarbonyl (C=S) groups is 1. The third-order valence-electron chi connectivity index (χ3n) is 3.36. The molecule has 0 radical (unpaired) electrons. The zero-order valence-electron chi connectivity index (χ0n) is 11.9. The molecule has 0 unspecified atom stereocenters. The number of hydrogen-bond donors (Lipinski definition) is 2. The van der Waals surface area contributed by atoms with Crippen LogP contribution in [0.3, 0.4) is 0 Å². The normalized spacial score (nSPS) is 11.7. The summed E-state index contributed by atoms with van der Waals surface area (Å²) in [5.74, 6) is 0. The first-order valence-corrected chi connectivity index (χ1v) is 6.46. The molecule has 4 heteroatoms. The molecule has 1 aromatic carbocycles. The molecule has 3 nitrogen and oxygen atoms in total. The second-order valence-corrected chi connectivity index (χ2v) is 5.91. The third-order valence-corrected chi connectivity index (χ3v) is 3.58. The van der Waals surface area contributed by atoms with Crippen molar-refractivity contribution < 1.29 is 0 Å². The van der Waals surface area contributed by atoms with E-state index in [-0.39, 0.29) is 5.54 Å². The first-order valence-electron chi connectivity index (χ1n) is 6.06. The number of benzene rings is 1. The van der Waals surface area contributed by atoms with Crippen LogP contribution in [0.2, 0.25) is 0 Å². The Morgan fingerprint density at radius 1 is 1.39 bits per heavy atom. The maximum Gasteiger partial charge on any atom is 0.106 e. The van der Waals surface area contributed by atoms with Crippen LogP contribution >= 0.6 is 12.2 Å². The molecule has 1 rings (SSSR count). The lowest BCUT2D eigenvalue weighted by molar-refractivity contribution is 0.210. The van der Waals surface area contributed by atoms with Crippen LogP contribution in [0.25, 0.3) is 0 Å². The topological polar surface area (TPSA) is 41.3 Å². The number of nitrogens with two attached hydrogens (primary N) is 1. The molecule has 0 amide bonds. The predicted octanol–water partition coefficient (Wildman–Crippen LogP) is 2.38. The van der Waals surface area contributed by atoms with Crippen molar-refractivity contribution in [1.29, 1.82) is 0 Å². The van der Waals surface area contributed by atoms with Gasteiger partial charge >= 0.3 is 0 Å². The van der Waals surface area contributed by atoms with Crippen LogP contribution in [-0.4, -0.2) is 36.1 Å². The molecule has 0 saturated carbocycles. The zero-order chi connectivity index (χ0) is 13.9. The first-order chi connectivity index (χ1) is 8.24.